The molecular weight excluding hydrogens is 228 g/mol. The topological polar surface area (TPSA) is 35.5 Å². The second-order valence-electron chi connectivity index (χ2n) is 6.32. The van der Waals surface area contributed by atoms with Gasteiger partial charge in [0.25, 0.3) is 0 Å². The molecule has 102 valence electrons. The van der Waals surface area contributed by atoms with Crippen LogP contribution >= 0.6 is 0 Å². The highest BCUT2D eigenvalue weighted by Gasteiger charge is 2.45. The van der Waals surface area contributed by atoms with Crippen LogP contribution in [0.25, 0.3) is 0 Å². The Morgan fingerprint density at radius 2 is 2.00 bits per heavy atom. The molecule has 1 aliphatic heterocycles. The van der Waals surface area contributed by atoms with Crippen molar-refractivity contribution in [3.63, 3.8) is 0 Å². The van der Waals surface area contributed by atoms with Gasteiger partial charge >= 0.3 is 0 Å². The zero-order chi connectivity index (χ0) is 12.6. The molecule has 0 aromatic rings. The molecule has 0 aromatic heterocycles. The quantitative estimate of drug-likeness (QED) is 0.771. The summed E-state index contributed by atoms with van der Waals surface area (Å²) in [6, 6.07) is 0. The lowest BCUT2D eigenvalue weighted by atomic mass is 9.80. The van der Waals surface area contributed by atoms with E-state index >= 15 is 0 Å². The molecule has 2 atom stereocenters. The van der Waals surface area contributed by atoms with Gasteiger partial charge in [-0.3, -0.25) is 4.79 Å². The zero-order valence-electron chi connectivity index (χ0n) is 11.3. The molecule has 0 radical (unpaired) electrons. The van der Waals surface area contributed by atoms with Crippen molar-refractivity contribution in [3.8, 4) is 0 Å². The summed E-state index contributed by atoms with van der Waals surface area (Å²) < 4.78 is 11.5. The molecule has 0 bridgehead atoms. The molecular formula is C15H24O3. The van der Waals surface area contributed by atoms with Crippen molar-refractivity contribution in [2.24, 2.45) is 11.8 Å². The van der Waals surface area contributed by atoms with Crippen molar-refractivity contribution in [3.05, 3.63) is 0 Å². The summed E-state index contributed by atoms with van der Waals surface area (Å²) in [4.78, 5) is 12.6. The fraction of sp³-hybridized carbons (Fsp3) is 0.933. The fourth-order valence-corrected chi connectivity index (χ4v) is 3.81. The highest BCUT2D eigenvalue weighted by molar-refractivity contribution is 5.86. The van der Waals surface area contributed by atoms with Crippen LogP contribution in [0.2, 0.25) is 0 Å². The molecule has 3 aliphatic rings. The Morgan fingerprint density at radius 1 is 1.28 bits per heavy atom. The first kappa shape index (κ1) is 12.6. The summed E-state index contributed by atoms with van der Waals surface area (Å²) >= 11 is 0. The molecule has 1 spiro atoms. The Morgan fingerprint density at radius 3 is 2.61 bits per heavy atom. The molecule has 2 saturated carbocycles. The van der Waals surface area contributed by atoms with Gasteiger partial charge in [-0.1, -0.05) is 12.8 Å². The third-order valence-electron chi connectivity index (χ3n) is 4.99. The van der Waals surface area contributed by atoms with E-state index in [0.717, 1.165) is 32.3 Å². The second-order valence-corrected chi connectivity index (χ2v) is 6.32. The van der Waals surface area contributed by atoms with E-state index in [-0.39, 0.29) is 17.6 Å². The molecule has 3 rings (SSSR count). The lowest BCUT2D eigenvalue weighted by molar-refractivity contribution is -0.146. The SMILES string of the molecule is COC(C(=O)C1CCOC2(CCCC2)C1)C1CC1. The minimum atomic E-state index is -0.133. The number of hydrogen-bond acceptors (Lipinski definition) is 3. The molecule has 0 aromatic carbocycles. The Hall–Kier alpha value is -0.410. The molecule has 1 heterocycles. The number of carbonyl (C=O) groups is 1. The Bertz CT molecular complexity index is 316. The molecule has 0 N–H and O–H groups in total. The molecule has 3 fully saturated rings. The summed E-state index contributed by atoms with van der Waals surface area (Å²) in [5, 5.41) is 0. The van der Waals surface area contributed by atoms with Crippen LogP contribution in [-0.4, -0.2) is 31.2 Å². The van der Waals surface area contributed by atoms with E-state index in [2.05, 4.69) is 0 Å². The standard InChI is InChI=1S/C15H24O3/c1-17-14(11-4-5-11)13(16)12-6-9-18-15(10-12)7-2-3-8-15/h11-12,14H,2-10H2,1H3. The minimum Gasteiger partial charge on any atom is -0.375 e. The number of rotatable bonds is 4. The summed E-state index contributed by atoms with van der Waals surface area (Å²) in [5.41, 5.74) is 0.0421. The van der Waals surface area contributed by atoms with Crippen LogP contribution in [-0.2, 0) is 14.3 Å². The van der Waals surface area contributed by atoms with E-state index in [1.54, 1.807) is 7.11 Å². The molecule has 3 nitrogen and oxygen atoms in total. The fourth-order valence-electron chi connectivity index (χ4n) is 3.81. The zero-order valence-corrected chi connectivity index (χ0v) is 11.3. The van der Waals surface area contributed by atoms with Gasteiger partial charge < -0.3 is 9.47 Å². The Kier molecular flexibility index (Phi) is 3.46. The van der Waals surface area contributed by atoms with Crippen LogP contribution in [0.3, 0.4) is 0 Å². The number of methoxy groups -OCH3 is 1. The predicted octanol–water partition coefficient (Wildman–Crippen LogP) is 2.72. The largest absolute Gasteiger partial charge is 0.375 e. The van der Waals surface area contributed by atoms with Gasteiger partial charge in [0.2, 0.25) is 0 Å². The first-order chi connectivity index (χ1) is 8.74. The van der Waals surface area contributed by atoms with Crippen LogP contribution in [0.4, 0.5) is 0 Å². The van der Waals surface area contributed by atoms with Gasteiger partial charge in [0, 0.05) is 19.6 Å². The van der Waals surface area contributed by atoms with E-state index in [4.69, 9.17) is 9.47 Å². The van der Waals surface area contributed by atoms with Crippen molar-refractivity contribution in [1.82, 2.24) is 0 Å². The first-order valence-corrected chi connectivity index (χ1v) is 7.45. The monoisotopic (exact) mass is 252 g/mol. The van der Waals surface area contributed by atoms with Crippen LogP contribution in [0.15, 0.2) is 0 Å². The van der Waals surface area contributed by atoms with Crippen LogP contribution in [0.5, 0.6) is 0 Å². The average molecular weight is 252 g/mol. The number of Topliss-reactive ketones (excluding diaryl/α,β-unsaturated/α-hetero) is 1. The van der Waals surface area contributed by atoms with Gasteiger partial charge in [-0.2, -0.15) is 0 Å². The lowest BCUT2D eigenvalue weighted by Gasteiger charge is -2.38. The van der Waals surface area contributed by atoms with Crippen LogP contribution in [0, 0.1) is 11.8 Å². The van der Waals surface area contributed by atoms with Gasteiger partial charge in [0.15, 0.2) is 5.78 Å². The van der Waals surface area contributed by atoms with Gasteiger partial charge in [0.1, 0.15) is 6.10 Å². The number of carbonyl (C=O) groups excluding carboxylic acids is 1. The third kappa shape index (κ3) is 2.35. The Labute approximate surface area is 109 Å². The molecule has 2 unspecified atom stereocenters. The van der Waals surface area contributed by atoms with Gasteiger partial charge in [0.05, 0.1) is 5.60 Å². The average Bonchev–Trinajstić information content (AvgIpc) is 3.13. The maximum absolute atomic E-state index is 12.6. The summed E-state index contributed by atoms with van der Waals surface area (Å²) in [6.45, 7) is 0.761. The van der Waals surface area contributed by atoms with Crippen LogP contribution in [0.1, 0.15) is 51.4 Å². The minimum absolute atomic E-state index is 0.0421. The van der Waals surface area contributed by atoms with E-state index in [9.17, 15) is 4.79 Å². The number of hydrogen-bond donors (Lipinski definition) is 0. The van der Waals surface area contributed by atoms with E-state index in [0.29, 0.717) is 11.7 Å². The smallest absolute Gasteiger partial charge is 0.165 e. The summed E-state index contributed by atoms with van der Waals surface area (Å²) in [6.07, 6.45) is 8.86. The van der Waals surface area contributed by atoms with Crippen LogP contribution < -0.4 is 0 Å². The molecule has 18 heavy (non-hydrogen) atoms. The Balaban J connectivity index is 1.65. The summed E-state index contributed by atoms with van der Waals surface area (Å²) in [7, 11) is 1.69. The highest BCUT2D eigenvalue weighted by Crippen LogP contribution is 2.44. The third-order valence-corrected chi connectivity index (χ3v) is 4.99. The van der Waals surface area contributed by atoms with Crippen molar-refractivity contribution >= 4 is 5.78 Å². The normalized spacial score (nSPS) is 32.6. The number of ether oxygens (including phenoxy) is 2. The molecule has 2 aliphatic carbocycles. The second kappa shape index (κ2) is 4.93. The summed E-state index contributed by atoms with van der Waals surface area (Å²) in [5.74, 6) is 1.04. The maximum Gasteiger partial charge on any atom is 0.165 e. The predicted molar refractivity (Wildman–Crippen MR) is 68.4 cm³/mol. The van der Waals surface area contributed by atoms with Crippen molar-refractivity contribution in [2.75, 3.05) is 13.7 Å². The van der Waals surface area contributed by atoms with Gasteiger partial charge in [-0.15, -0.1) is 0 Å². The van der Waals surface area contributed by atoms with Crippen molar-refractivity contribution < 1.29 is 14.3 Å². The van der Waals surface area contributed by atoms with Gasteiger partial charge in [-0.25, -0.2) is 0 Å². The maximum atomic E-state index is 12.6. The van der Waals surface area contributed by atoms with Gasteiger partial charge in [-0.05, 0) is 44.4 Å². The first-order valence-electron chi connectivity index (χ1n) is 7.45. The van der Waals surface area contributed by atoms with E-state index in [1.807, 2.05) is 0 Å². The molecule has 3 heteroatoms. The highest BCUT2D eigenvalue weighted by atomic mass is 16.5. The van der Waals surface area contributed by atoms with Crippen molar-refractivity contribution in [1.29, 1.82) is 0 Å². The molecule has 0 amide bonds. The van der Waals surface area contributed by atoms with E-state index in [1.165, 1.54) is 25.7 Å². The van der Waals surface area contributed by atoms with E-state index < -0.39 is 0 Å². The van der Waals surface area contributed by atoms with Crippen molar-refractivity contribution in [2.45, 2.75) is 63.1 Å². The lowest BCUT2D eigenvalue weighted by Crippen LogP contribution is -2.43. The molecule has 1 saturated heterocycles. The number of ketones is 1.